The van der Waals surface area contributed by atoms with E-state index in [-0.39, 0.29) is 34.8 Å². The standard InChI is InChI=1S/C19H24ClN5O2.BrH/c1-12(11-27-25-18(22)23-17(21)24-19(25,2)3)10-26-16-9-8-15(20)13-6-4-5-7-14(13)16;/h4-9,12H,10-11H2,1-3H3,(H4,21,22,23,24);1H/t12-;/m1./s1. The zero-order valence-electron chi connectivity index (χ0n) is 16.1. The fraction of sp³-hybridized carbons (Fsp3) is 0.368. The molecule has 0 radical (unpaired) electrons. The zero-order chi connectivity index (χ0) is 19.6. The topological polar surface area (TPSA) is 98.5 Å². The predicted molar refractivity (Wildman–Crippen MR) is 119 cm³/mol. The van der Waals surface area contributed by atoms with Gasteiger partial charge in [0.15, 0.2) is 5.66 Å². The Labute approximate surface area is 180 Å². The lowest BCUT2D eigenvalue weighted by molar-refractivity contribution is -0.167. The third kappa shape index (κ3) is 4.87. The van der Waals surface area contributed by atoms with Gasteiger partial charge in [-0.05, 0) is 26.0 Å². The molecule has 0 aliphatic carbocycles. The molecule has 0 saturated carbocycles. The second-order valence-electron chi connectivity index (χ2n) is 7.03. The van der Waals surface area contributed by atoms with Crippen molar-refractivity contribution in [1.82, 2.24) is 5.06 Å². The van der Waals surface area contributed by atoms with Crippen LogP contribution in [-0.2, 0) is 4.84 Å². The van der Waals surface area contributed by atoms with Gasteiger partial charge in [0.05, 0.1) is 13.2 Å². The third-order valence-corrected chi connectivity index (χ3v) is 4.49. The molecule has 0 saturated heterocycles. The van der Waals surface area contributed by atoms with Crippen molar-refractivity contribution in [1.29, 1.82) is 0 Å². The molecule has 2 aromatic carbocycles. The van der Waals surface area contributed by atoms with Crippen molar-refractivity contribution in [3.05, 3.63) is 41.4 Å². The van der Waals surface area contributed by atoms with Crippen molar-refractivity contribution < 1.29 is 9.57 Å². The summed E-state index contributed by atoms with van der Waals surface area (Å²) < 4.78 is 6.01. The fourth-order valence-electron chi connectivity index (χ4n) is 2.86. The highest BCUT2D eigenvalue weighted by Gasteiger charge is 2.33. The molecule has 9 heteroatoms. The van der Waals surface area contributed by atoms with Crippen LogP contribution in [0.2, 0.25) is 5.02 Å². The normalized spacial score (nSPS) is 16.8. The number of guanidine groups is 2. The molecule has 7 nitrogen and oxygen atoms in total. The summed E-state index contributed by atoms with van der Waals surface area (Å²) in [6, 6.07) is 11.6. The second kappa shape index (κ2) is 8.98. The van der Waals surface area contributed by atoms with Gasteiger partial charge in [-0.2, -0.15) is 10.1 Å². The van der Waals surface area contributed by atoms with Gasteiger partial charge in [-0.25, -0.2) is 4.99 Å². The number of benzene rings is 2. The number of hydrogen-bond acceptors (Lipinski definition) is 7. The zero-order valence-corrected chi connectivity index (χ0v) is 18.5. The second-order valence-corrected chi connectivity index (χ2v) is 7.44. The molecule has 28 heavy (non-hydrogen) atoms. The van der Waals surface area contributed by atoms with Crippen molar-refractivity contribution in [3.63, 3.8) is 0 Å². The highest BCUT2D eigenvalue weighted by atomic mass is 79.9. The van der Waals surface area contributed by atoms with Crippen LogP contribution in [0, 0.1) is 5.92 Å². The van der Waals surface area contributed by atoms with E-state index in [4.69, 9.17) is 32.6 Å². The van der Waals surface area contributed by atoms with E-state index in [1.807, 2.05) is 57.2 Å². The Morgan fingerprint density at radius 2 is 1.79 bits per heavy atom. The van der Waals surface area contributed by atoms with Crippen LogP contribution < -0.4 is 16.2 Å². The number of nitrogens with two attached hydrogens (primary N) is 2. The van der Waals surface area contributed by atoms with Gasteiger partial charge < -0.3 is 16.2 Å². The van der Waals surface area contributed by atoms with E-state index >= 15 is 0 Å². The summed E-state index contributed by atoms with van der Waals surface area (Å²) in [5.41, 5.74) is 10.9. The molecule has 1 aliphatic heterocycles. The SMILES string of the molecule is Br.C[C@H](COc1ccc(Cl)c2ccccc12)CON1C(N)=NC(N)=NC1(C)C. The molecule has 1 aliphatic rings. The number of halogens is 2. The van der Waals surface area contributed by atoms with Crippen molar-refractivity contribution in [3.8, 4) is 5.75 Å². The first kappa shape index (κ1) is 22.3. The van der Waals surface area contributed by atoms with Crippen LogP contribution in [-0.4, -0.2) is 35.9 Å². The Morgan fingerprint density at radius 3 is 2.46 bits per heavy atom. The van der Waals surface area contributed by atoms with E-state index in [1.54, 1.807) is 0 Å². The van der Waals surface area contributed by atoms with Gasteiger partial charge in [0.1, 0.15) is 5.75 Å². The largest absolute Gasteiger partial charge is 0.493 e. The van der Waals surface area contributed by atoms with Crippen LogP contribution in [0.25, 0.3) is 10.8 Å². The third-order valence-electron chi connectivity index (χ3n) is 4.16. The minimum atomic E-state index is -0.719. The Kier molecular flexibility index (Phi) is 7.14. The number of ether oxygens (including phenoxy) is 1. The first-order chi connectivity index (χ1) is 12.8. The van der Waals surface area contributed by atoms with Gasteiger partial charge >= 0.3 is 0 Å². The molecule has 152 valence electrons. The van der Waals surface area contributed by atoms with Crippen LogP contribution in [0.4, 0.5) is 0 Å². The van der Waals surface area contributed by atoms with Gasteiger partial charge in [-0.15, -0.1) is 17.0 Å². The van der Waals surface area contributed by atoms with Crippen molar-refractivity contribution >= 4 is 51.3 Å². The lowest BCUT2D eigenvalue weighted by Gasteiger charge is -2.37. The molecule has 0 bridgehead atoms. The Morgan fingerprint density at radius 1 is 1.11 bits per heavy atom. The molecule has 0 amide bonds. The number of hydrogen-bond donors (Lipinski definition) is 2. The molecule has 4 N–H and O–H groups in total. The van der Waals surface area contributed by atoms with Gasteiger partial charge in [-0.3, -0.25) is 4.84 Å². The van der Waals surface area contributed by atoms with Crippen molar-refractivity contribution in [2.45, 2.75) is 26.4 Å². The maximum Gasteiger partial charge on any atom is 0.226 e. The summed E-state index contributed by atoms with van der Waals surface area (Å²) in [4.78, 5) is 14.0. The van der Waals surface area contributed by atoms with Crippen LogP contribution >= 0.6 is 28.6 Å². The van der Waals surface area contributed by atoms with Gasteiger partial charge in [-0.1, -0.05) is 42.8 Å². The van der Waals surface area contributed by atoms with E-state index in [1.165, 1.54) is 5.06 Å². The molecular formula is C19H25BrClN5O2. The average molecular weight is 471 g/mol. The average Bonchev–Trinajstić information content (AvgIpc) is 2.60. The van der Waals surface area contributed by atoms with Crippen LogP contribution in [0.1, 0.15) is 20.8 Å². The first-order valence-electron chi connectivity index (χ1n) is 8.70. The van der Waals surface area contributed by atoms with Crippen molar-refractivity contribution in [2.75, 3.05) is 13.2 Å². The molecule has 2 aromatic rings. The molecule has 0 spiro atoms. The Hall–Kier alpha value is -2.03. The maximum absolute atomic E-state index is 6.25. The first-order valence-corrected chi connectivity index (χ1v) is 9.08. The summed E-state index contributed by atoms with van der Waals surface area (Å²) in [6.45, 7) is 6.59. The van der Waals surface area contributed by atoms with E-state index in [0.29, 0.717) is 18.2 Å². The summed E-state index contributed by atoms with van der Waals surface area (Å²) in [5.74, 6) is 1.22. The molecule has 1 heterocycles. The van der Waals surface area contributed by atoms with Crippen LogP contribution in [0.15, 0.2) is 46.4 Å². The van der Waals surface area contributed by atoms with E-state index in [9.17, 15) is 0 Å². The number of nitrogens with zero attached hydrogens (tertiary/aromatic N) is 3. The monoisotopic (exact) mass is 469 g/mol. The van der Waals surface area contributed by atoms with Gasteiger partial charge in [0, 0.05) is 21.7 Å². The number of hydroxylamine groups is 2. The smallest absolute Gasteiger partial charge is 0.226 e. The highest BCUT2D eigenvalue weighted by molar-refractivity contribution is 8.93. The van der Waals surface area contributed by atoms with E-state index in [2.05, 4.69) is 9.98 Å². The summed E-state index contributed by atoms with van der Waals surface area (Å²) in [5, 5.41) is 4.13. The summed E-state index contributed by atoms with van der Waals surface area (Å²) >= 11 is 6.25. The quantitative estimate of drug-likeness (QED) is 0.671. The van der Waals surface area contributed by atoms with Crippen LogP contribution in [0.5, 0.6) is 5.75 Å². The minimum Gasteiger partial charge on any atom is -0.493 e. The molecule has 0 aromatic heterocycles. The van der Waals surface area contributed by atoms with Crippen LogP contribution in [0.3, 0.4) is 0 Å². The number of fused-ring (bicyclic) bond motifs is 1. The Balaban J connectivity index is 0.00000280. The predicted octanol–water partition coefficient (Wildman–Crippen LogP) is 3.70. The number of aliphatic imine (C=N–C) groups is 2. The molecule has 0 fully saturated rings. The molecule has 1 atom stereocenters. The molecular weight excluding hydrogens is 446 g/mol. The van der Waals surface area contributed by atoms with Gasteiger partial charge in [0.25, 0.3) is 0 Å². The van der Waals surface area contributed by atoms with E-state index < -0.39 is 5.66 Å². The maximum atomic E-state index is 6.25. The van der Waals surface area contributed by atoms with E-state index in [0.717, 1.165) is 16.5 Å². The highest BCUT2D eigenvalue weighted by Crippen LogP contribution is 2.31. The molecule has 0 unspecified atom stereocenters. The lowest BCUT2D eigenvalue weighted by atomic mass is 10.1. The molecule has 3 rings (SSSR count). The van der Waals surface area contributed by atoms with Gasteiger partial charge in [0.2, 0.25) is 11.9 Å². The fourth-order valence-corrected chi connectivity index (χ4v) is 3.09. The summed E-state index contributed by atoms with van der Waals surface area (Å²) in [7, 11) is 0. The summed E-state index contributed by atoms with van der Waals surface area (Å²) in [6.07, 6.45) is 0. The lowest BCUT2D eigenvalue weighted by Crippen LogP contribution is -2.54. The number of rotatable bonds is 6. The minimum absolute atomic E-state index is 0. The van der Waals surface area contributed by atoms with Crippen molar-refractivity contribution in [2.24, 2.45) is 27.4 Å². The Bertz CT molecular complexity index is 903.